The van der Waals surface area contributed by atoms with Gasteiger partial charge in [0.05, 0.1) is 0 Å². The van der Waals surface area contributed by atoms with Crippen LogP contribution in [0.3, 0.4) is 0 Å². The van der Waals surface area contributed by atoms with Crippen LogP contribution >= 0.6 is 0 Å². The zero-order valence-corrected chi connectivity index (χ0v) is 7.96. The van der Waals surface area contributed by atoms with Gasteiger partial charge in [-0.05, 0) is 13.3 Å². The third kappa shape index (κ3) is 1.58. The first-order chi connectivity index (χ1) is 5.51. The first-order valence-corrected chi connectivity index (χ1v) is 4.33. The maximum atomic E-state index is 11.4. The van der Waals surface area contributed by atoms with Crippen molar-refractivity contribution in [3.05, 3.63) is 12.7 Å². The van der Waals surface area contributed by atoms with Gasteiger partial charge < -0.3 is 4.74 Å². The summed E-state index contributed by atoms with van der Waals surface area (Å²) < 4.78 is 5.35. The Hall–Kier alpha value is -0.630. The van der Waals surface area contributed by atoms with Crippen LogP contribution in [-0.4, -0.2) is 17.5 Å². The molecule has 1 saturated heterocycles. The van der Waals surface area contributed by atoms with Crippen molar-refractivity contribution in [3.63, 3.8) is 0 Å². The molecule has 0 radical (unpaired) electrons. The lowest BCUT2D eigenvalue weighted by atomic mass is 9.96. The molecule has 0 saturated carbocycles. The number of rotatable bonds is 4. The van der Waals surface area contributed by atoms with E-state index >= 15 is 0 Å². The predicted molar refractivity (Wildman–Crippen MR) is 47.9 cm³/mol. The fourth-order valence-corrected chi connectivity index (χ4v) is 1.34. The molecule has 2 unspecified atom stereocenters. The second-order valence-corrected chi connectivity index (χ2v) is 3.86. The fourth-order valence-electron chi connectivity index (χ4n) is 1.34. The van der Waals surface area contributed by atoms with Gasteiger partial charge in [0.25, 0.3) is 0 Å². The Bertz CT molecular complexity index is 208. The van der Waals surface area contributed by atoms with E-state index in [4.69, 9.17) is 4.74 Å². The van der Waals surface area contributed by atoms with Crippen LogP contribution in [0.5, 0.6) is 0 Å². The largest absolute Gasteiger partial charge is 0.358 e. The molecule has 1 aliphatic heterocycles. The average Bonchev–Trinajstić information content (AvgIpc) is 2.61. The van der Waals surface area contributed by atoms with Gasteiger partial charge in [-0.2, -0.15) is 0 Å². The van der Waals surface area contributed by atoms with Gasteiger partial charge in [-0.25, -0.2) is 0 Å². The van der Waals surface area contributed by atoms with Crippen LogP contribution in [0.25, 0.3) is 0 Å². The lowest BCUT2D eigenvalue weighted by molar-refractivity contribution is -0.123. The summed E-state index contributed by atoms with van der Waals surface area (Å²) in [6.07, 6.45) is 2.37. The highest BCUT2D eigenvalue weighted by atomic mass is 16.6. The first kappa shape index (κ1) is 9.46. The van der Waals surface area contributed by atoms with Crippen LogP contribution in [0.15, 0.2) is 12.7 Å². The topological polar surface area (TPSA) is 29.6 Å². The van der Waals surface area contributed by atoms with Gasteiger partial charge in [0.15, 0.2) is 5.78 Å². The number of hydrogen-bond donors (Lipinski definition) is 0. The van der Waals surface area contributed by atoms with Gasteiger partial charge in [0.2, 0.25) is 0 Å². The number of ketones is 1. The number of carbonyl (C=O) groups is 1. The SMILES string of the molecule is C=CCC1(C)OC1C(=O)C(C)C. The highest BCUT2D eigenvalue weighted by Crippen LogP contribution is 2.41. The second-order valence-electron chi connectivity index (χ2n) is 3.86. The maximum absolute atomic E-state index is 11.4. The smallest absolute Gasteiger partial charge is 0.167 e. The van der Waals surface area contributed by atoms with E-state index in [9.17, 15) is 4.79 Å². The number of Topliss-reactive ketones (excluding diaryl/α,β-unsaturated/α-hetero) is 1. The molecule has 2 atom stereocenters. The van der Waals surface area contributed by atoms with Crippen LogP contribution in [0.4, 0.5) is 0 Å². The molecule has 0 aliphatic carbocycles. The van der Waals surface area contributed by atoms with Crippen molar-refractivity contribution in [3.8, 4) is 0 Å². The van der Waals surface area contributed by atoms with Crippen molar-refractivity contribution >= 4 is 5.78 Å². The van der Waals surface area contributed by atoms with Crippen LogP contribution in [0, 0.1) is 5.92 Å². The minimum atomic E-state index is -0.247. The molecule has 2 heteroatoms. The molecule has 1 fully saturated rings. The third-order valence-electron chi connectivity index (χ3n) is 2.26. The normalized spacial score (nSPS) is 33.5. The summed E-state index contributed by atoms with van der Waals surface area (Å²) in [6.45, 7) is 9.39. The molecule has 0 N–H and O–H groups in total. The van der Waals surface area contributed by atoms with E-state index in [0.29, 0.717) is 0 Å². The molecular formula is C10H16O2. The molecule has 1 heterocycles. The first-order valence-electron chi connectivity index (χ1n) is 4.33. The number of epoxide rings is 1. The molecule has 2 nitrogen and oxygen atoms in total. The summed E-state index contributed by atoms with van der Waals surface area (Å²) in [6, 6.07) is 0. The summed E-state index contributed by atoms with van der Waals surface area (Å²) in [5.41, 5.74) is -0.247. The molecule has 0 aromatic rings. The Morgan fingerprint density at radius 2 is 2.33 bits per heavy atom. The van der Waals surface area contributed by atoms with E-state index in [2.05, 4.69) is 6.58 Å². The van der Waals surface area contributed by atoms with Crippen molar-refractivity contribution in [1.29, 1.82) is 0 Å². The third-order valence-corrected chi connectivity index (χ3v) is 2.26. The molecule has 68 valence electrons. The van der Waals surface area contributed by atoms with Gasteiger partial charge in [0.1, 0.15) is 11.7 Å². The molecule has 0 amide bonds. The molecule has 0 bridgehead atoms. The molecule has 0 aromatic carbocycles. The summed E-state index contributed by atoms with van der Waals surface area (Å²) in [5, 5.41) is 0. The molecule has 12 heavy (non-hydrogen) atoms. The highest BCUT2D eigenvalue weighted by Gasteiger charge is 2.55. The minimum absolute atomic E-state index is 0.0710. The van der Waals surface area contributed by atoms with E-state index in [1.54, 1.807) is 6.08 Å². The summed E-state index contributed by atoms with van der Waals surface area (Å²) in [4.78, 5) is 11.4. The quantitative estimate of drug-likeness (QED) is 0.474. The molecule has 0 spiro atoms. The fraction of sp³-hybridized carbons (Fsp3) is 0.700. The van der Waals surface area contributed by atoms with Crippen LogP contribution in [0.2, 0.25) is 0 Å². The van der Waals surface area contributed by atoms with E-state index < -0.39 is 0 Å². The van der Waals surface area contributed by atoms with E-state index in [-0.39, 0.29) is 23.4 Å². The van der Waals surface area contributed by atoms with Crippen molar-refractivity contribution in [1.82, 2.24) is 0 Å². The number of ether oxygens (including phenoxy) is 1. The summed E-state index contributed by atoms with van der Waals surface area (Å²) >= 11 is 0. The molecule has 0 aromatic heterocycles. The Morgan fingerprint density at radius 3 is 2.75 bits per heavy atom. The van der Waals surface area contributed by atoms with E-state index in [1.165, 1.54) is 0 Å². The van der Waals surface area contributed by atoms with Gasteiger partial charge >= 0.3 is 0 Å². The lowest BCUT2D eigenvalue weighted by Gasteiger charge is -2.02. The molecular weight excluding hydrogens is 152 g/mol. The number of carbonyl (C=O) groups excluding carboxylic acids is 1. The zero-order chi connectivity index (χ0) is 9.35. The number of hydrogen-bond acceptors (Lipinski definition) is 2. The van der Waals surface area contributed by atoms with Gasteiger partial charge in [0, 0.05) is 5.92 Å². The standard InChI is InChI=1S/C10H16O2/c1-5-6-10(4)9(12-10)8(11)7(2)3/h5,7,9H,1,6H2,2-4H3. The second kappa shape index (κ2) is 3.02. The molecule has 1 aliphatic rings. The Labute approximate surface area is 73.6 Å². The molecule has 1 rings (SSSR count). The Morgan fingerprint density at radius 1 is 1.75 bits per heavy atom. The summed E-state index contributed by atoms with van der Waals surface area (Å²) in [7, 11) is 0. The van der Waals surface area contributed by atoms with Crippen LogP contribution in [-0.2, 0) is 9.53 Å². The highest BCUT2D eigenvalue weighted by molar-refractivity contribution is 5.88. The van der Waals surface area contributed by atoms with Gasteiger partial charge in [-0.15, -0.1) is 6.58 Å². The maximum Gasteiger partial charge on any atom is 0.167 e. The average molecular weight is 168 g/mol. The van der Waals surface area contributed by atoms with Crippen molar-refractivity contribution in [2.45, 2.75) is 38.9 Å². The zero-order valence-electron chi connectivity index (χ0n) is 7.96. The van der Waals surface area contributed by atoms with Gasteiger partial charge in [-0.1, -0.05) is 19.9 Å². The Balaban J connectivity index is 2.50. The van der Waals surface area contributed by atoms with E-state index in [1.807, 2.05) is 20.8 Å². The van der Waals surface area contributed by atoms with Gasteiger partial charge in [-0.3, -0.25) is 4.79 Å². The van der Waals surface area contributed by atoms with Crippen LogP contribution < -0.4 is 0 Å². The Kier molecular flexibility index (Phi) is 2.38. The lowest BCUT2D eigenvalue weighted by Crippen LogP contribution is -2.21. The predicted octanol–water partition coefficient (Wildman–Crippen LogP) is 1.95. The van der Waals surface area contributed by atoms with Crippen molar-refractivity contribution in [2.24, 2.45) is 5.92 Å². The minimum Gasteiger partial charge on any atom is -0.358 e. The van der Waals surface area contributed by atoms with E-state index in [0.717, 1.165) is 6.42 Å². The van der Waals surface area contributed by atoms with Crippen molar-refractivity contribution in [2.75, 3.05) is 0 Å². The monoisotopic (exact) mass is 168 g/mol. The van der Waals surface area contributed by atoms with Crippen molar-refractivity contribution < 1.29 is 9.53 Å². The van der Waals surface area contributed by atoms with Crippen LogP contribution in [0.1, 0.15) is 27.2 Å². The summed E-state index contributed by atoms with van der Waals surface area (Å²) in [5.74, 6) is 0.279.